The van der Waals surface area contributed by atoms with Gasteiger partial charge in [-0.25, -0.2) is 0 Å². The molecular formula is C28H33F3N2O4. The van der Waals surface area contributed by atoms with Crippen molar-refractivity contribution in [3.63, 3.8) is 0 Å². The fourth-order valence-electron chi connectivity index (χ4n) is 5.69. The van der Waals surface area contributed by atoms with Crippen LogP contribution < -0.4 is 0 Å². The van der Waals surface area contributed by atoms with Gasteiger partial charge in [0.2, 0.25) is 5.91 Å². The number of ether oxygens (including phenoxy) is 2. The third-order valence-corrected chi connectivity index (χ3v) is 7.64. The largest absolute Gasteiger partial charge is 0.416 e. The number of hydrogen-bond donors (Lipinski definition) is 1. The molecule has 0 spiro atoms. The monoisotopic (exact) mass is 518 g/mol. The molecule has 0 aliphatic carbocycles. The summed E-state index contributed by atoms with van der Waals surface area (Å²) in [6.45, 7) is 2.52. The molecule has 2 aromatic rings. The maximum Gasteiger partial charge on any atom is 0.416 e. The van der Waals surface area contributed by atoms with Gasteiger partial charge in [-0.05, 0) is 48.1 Å². The molecule has 1 N–H and O–H groups in total. The van der Waals surface area contributed by atoms with Crippen LogP contribution in [-0.2, 0) is 40.0 Å². The Labute approximate surface area is 215 Å². The van der Waals surface area contributed by atoms with Gasteiger partial charge in [-0.15, -0.1) is 0 Å². The molecule has 0 radical (unpaired) electrons. The van der Waals surface area contributed by atoms with E-state index in [1.54, 1.807) is 0 Å². The molecule has 0 aromatic heterocycles. The number of hydrogen-bond acceptors (Lipinski definition) is 5. The van der Waals surface area contributed by atoms with Gasteiger partial charge in [0.25, 0.3) is 0 Å². The first kappa shape index (κ1) is 26.2. The van der Waals surface area contributed by atoms with Crippen molar-refractivity contribution < 1.29 is 32.5 Å². The molecule has 2 aromatic carbocycles. The van der Waals surface area contributed by atoms with Crippen LogP contribution in [0.15, 0.2) is 48.5 Å². The van der Waals surface area contributed by atoms with Crippen molar-refractivity contribution in [3.8, 4) is 0 Å². The van der Waals surface area contributed by atoms with Gasteiger partial charge in [0, 0.05) is 32.2 Å². The van der Waals surface area contributed by atoms with Gasteiger partial charge >= 0.3 is 6.18 Å². The highest BCUT2D eigenvalue weighted by molar-refractivity contribution is 5.77. The van der Waals surface area contributed by atoms with Crippen molar-refractivity contribution in [1.82, 2.24) is 9.80 Å². The minimum absolute atomic E-state index is 0.0644. The predicted molar refractivity (Wildman–Crippen MR) is 131 cm³/mol. The second-order valence-corrected chi connectivity index (χ2v) is 10.3. The Bertz CT molecular complexity index is 1080. The summed E-state index contributed by atoms with van der Waals surface area (Å²) in [4.78, 5) is 17.1. The molecule has 3 aliphatic heterocycles. The number of fused-ring (bicyclic) bond motifs is 2. The maximum atomic E-state index is 13.1. The Morgan fingerprint density at radius 2 is 1.78 bits per heavy atom. The zero-order chi connectivity index (χ0) is 26.0. The molecular weight excluding hydrogens is 485 g/mol. The minimum atomic E-state index is -4.38. The Hall–Kier alpha value is -2.46. The lowest BCUT2D eigenvalue weighted by Gasteiger charge is -2.44. The molecule has 9 heteroatoms. The summed E-state index contributed by atoms with van der Waals surface area (Å²) < 4.78 is 51.0. The van der Waals surface area contributed by atoms with E-state index >= 15 is 0 Å². The molecule has 37 heavy (non-hydrogen) atoms. The molecule has 0 saturated carbocycles. The van der Waals surface area contributed by atoms with Crippen molar-refractivity contribution in [2.24, 2.45) is 0 Å². The molecule has 3 aliphatic rings. The van der Waals surface area contributed by atoms with Gasteiger partial charge in [-0.3, -0.25) is 9.69 Å². The molecule has 5 rings (SSSR count). The van der Waals surface area contributed by atoms with E-state index in [1.165, 1.54) is 23.3 Å². The van der Waals surface area contributed by atoms with Crippen LogP contribution >= 0.6 is 0 Å². The molecule has 0 bridgehead atoms. The maximum absolute atomic E-state index is 13.1. The lowest BCUT2D eigenvalue weighted by Crippen LogP contribution is -2.55. The number of carbonyl (C=O) groups is 1. The molecule has 2 fully saturated rings. The average Bonchev–Trinajstić information content (AvgIpc) is 2.87. The number of aliphatic hydroxyl groups is 1. The van der Waals surface area contributed by atoms with E-state index in [4.69, 9.17) is 9.47 Å². The third kappa shape index (κ3) is 6.34. The zero-order valence-electron chi connectivity index (χ0n) is 20.7. The number of β-amino-alcohol motifs (C(OH)–C–C–N with tert-alkyl or cyclic N) is 1. The molecule has 3 heterocycles. The first-order valence-electron chi connectivity index (χ1n) is 12.9. The highest BCUT2D eigenvalue weighted by atomic mass is 19.4. The van der Waals surface area contributed by atoms with Crippen molar-refractivity contribution in [1.29, 1.82) is 0 Å². The summed E-state index contributed by atoms with van der Waals surface area (Å²) in [6, 6.07) is 13.3. The van der Waals surface area contributed by atoms with E-state index in [-0.39, 0.29) is 30.8 Å². The predicted octanol–water partition coefficient (Wildman–Crippen LogP) is 3.79. The van der Waals surface area contributed by atoms with Crippen LogP contribution in [0.2, 0.25) is 0 Å². The normalized spacial score (nSPS) is 27.1. The third-order valence-electron chi connectivity index (χ3n) is 7.64. The number of amides is 1. The minimum Gasteiger partial charge on any atom is -0.389 e. The van der Waals surface area contributed by atoms with Gasteiger partial charge < -0.3 is 19.5 Å². The molecule has 0 unspecified atom stereocenters. The Balaban J connectivity index is 1.22. The second-order valence-electron chi connectivity index (χ2n) is 10.3. The summed E-state index contributed by atoms with van der Waals surface area (Å²) in [5, 5.41) is 10.4. The van der Waals surface area contributed by atoms with E-state index in [1.807, 2.05) is 17.0 Å². The van der Waals surface area contributed by atoms with E-state index in [2.05, 4.69) is 17.0 Å². The van der Waals surface area contributed by atoms with Crippen LogP contribution in [0.4, 0.5) is 13.2 Å². The fourth-order valence-corrected chi connectivity index (χ4v) is 5.69. The summed E-state index contributed by atoms with van der Waals surface area (Å²) >= 11 is 0. The Kier molecular flexibility index (Phi) is 7.85. The molecule has 1 amide bonds. The topological polar surface area (TPSA) is 62.2 Å². The van der Waals surface area contributed by atoms with Gasteiger partial charge in [0.1, 0.15) is 0 Å². The van der Waals surface area contributed by atoms with Crippen LogP contribution in [-0.4, -0.2) is 71.5 Å². The highest BCUT2D eigenvalue weighted by Crippen LogP contribution is 2.32. The summed E-state index contributed by atoms with van der Waals surface area (Å²) in [6.07, 6.45) is -2.96. The van der Waals surface area contributed by atoms with Crippen molar-refractivity contribution in [2.75, 3.05) is 26.3 Å². The Morgan fingerprint density at radius 1 is 1.03 bits per heavy atom. The lowest BCUT2D eigenvalue weighted by atomic mass is 9.93. The molecule has 4 atom stereocenters. The van der Waals surface area contributed by atoms with Gasteiger partial charge in [0.15, 0.2) is 0 Å². The number of alkyl halides is 3. The molecule has 200 valence electrons. The number of carbonyl (C=O) groups excluding carboxylic acids is 1. The van der Waals surface area contributed by atoms with Crippen LogP contribution in [0, 0.1) is 0 Å². The highest BCUT2D eigenvalue weighted by Gasteiger charge is 2.39. The summed E-state index contributed by atoms with van der Waals surface area (Å²) in [5.74, 6) is 0.0850. The van der Waals surface area contributed by atoms with Crippen molar-refractivity contribution in [2.45, 2.75) is 69.3 Å². The molecule has 2 saturated heterocycles. The van der Waals surface area contributed by atoms with E-state index in [0.29, 0.717) is 45.6 Å². The number of halogens is 3. The van der Waals surface area contributed by atoms with Crippen LogP contribution in [0.25, 0.3) is 0 Å². The summed E-state index contributed by atoms with van der Waals surface area (Å²) in [5.41, 5.74) is 2.55. The van der Waals surface area contributed by atoms with Crippen LogP contribution in [0.1, 0.15) is 41.5 Å². The van der Waals surface area contributed by atoms with Gasteiger partial charge in [0.05, 0.1) is 43.5 Å². The van der Waals surface area contributed by atoms with Crippen LogP contribution in [0.5, 0.6) is 0 Å². The Morgan fingerprint density at radius 3 is 2.54 bits per heavy atom. The summed E-state index contributed by atoms with van der Waals surface area (Å²) in [7, 11) is 0. The van der Waals surface area contributed by atoms with Gasteiger partial charge in [-0.2, -0.15) is 13.2 Å². The number of rotatable bonds is 4. The van der Waals surface area contributed by atoms with Crippen molar-refractivity contribution >= 4 is 5.91 Å². The lowest BCUT2D eigenvalue weighted by molar-refractivity contribution is -0.161. The number of aliphatic hydroxyl groups excluding tert-OH is 1. The standard InChI is InChI=1S/C28H33F3N2O4/c29-28(30,31)22-7-5-19(6-8-22)14-33-16-23(34)17-36-18-26-25(33)10-9-24(37-26)13-27(35)32-12-11-20-3-1-2-4-21(20)15-32/h1-8,23-26,34H,9-18H2/t23-,24+,25-,26+/m1/s1. The van der Waals surface area contributed by atoms with E-state index in [0.717, 1.165) is 30.5 Å². The second kappa shape index (κ2) is 11.1. The van der Waals surface area contributed by atoms with Crippen LogP contribution in [0.3, 0.4) is 0 Å². The van der Waals surface area contributed by atoms with E-state index in [9.17, 15) is 23.1 Å². The molecule has 6 nitrogen and oxygen atoms in total. The fraction of sp³-hybridized carbons (Fsp3) is 0.536. The van der Waals surface area contributed by atoms with Gasteiger partial charge in [-0.1, -0.05) is 36.4 Å². The SMILES string of the molecule is O=C(C[C@@H]1CC[C@@H]2[C@H](COC[C@H](O)CN2Cc2ccc(C(F)(F)F)cc2)O1)N1CCc2ccccc2C1. The quantitative estimate of drug-likeness (QED) is 0.668. The number of benzene rings is 2. The van der Waals surface area contributed by atoms with E-state index < -0.39 is 17.8 Å². The zero-order valence-corrected chi connectivity index (χ0v) is 20.7. The first-order valence-corrected chi connectivity index (χ1v) is 12.9. The first-order chi connectivity index (χ1) is 17.8. The average molecular weight is 519 g/mol. The van der Waals surface area contributed by atoms with Crippen molar-refractivity contribution in [3.05, 3.63) is 70.8 Å². The number of nitrogens with zero attached hydrogens (tertiary/aromatic N) is 2. The smallest absolute Gasteiger partial charge is 0.389 e.